The Labute approximate surface area is 160 Å². The topological polar surface area (TPSA) is 112 Å². The van der Waals surface area contributed by atoms with E-state index in [-0.39, 0.29) is 46.0 Å². The molecule has 0 bridgehead atoms. The number of nitriles is 1. The Balaban J connectivity index is 2.70. The molecule has 1 aliphatic rings. The van der Waals surface area contributed by atoms with Gasteiger partial charge >= 0.3 is 11.9 Å². The van der Waals surface area contributed by atoms with Crippen molar-refractivity contribution in [3.8, 4) is 11.8 Å². The predicted molar refractivity (Wildman–Crippen MR) is 93.4 cm³/mol. The average molecular weight is 399 g/mol. The maximum atomic E-state index is 12.4. The van der Waals surface area contributed by atoms with E-state index in [1.807, 2.05) is 6.07 Å². The molecule has 0 unspecified atom stereocenters. The lowest BCUT2D eigenvalue weighted by molar-refractivity contribution is -0.146. The molecule has 1 heterocycles. The smallest absolute Gasteiger partial charge is 0.340 e. The molecule has 26 heavy (non-hydrogen) atoms. The van der Waals surface area contributed by atoms with Crippen LogP contribution in [-0.2, 0) is 19.1 Å². The summed E-state index contributed by atoms with van der Waals surface area (Å²) >= 11 is 12.2. The Morgan fingerprint density at radius 2 is 1.96 bits per heavy atom. The van der Waals surface area contributed by atoms with Crippen molar-refractivity contribution in [3.05, 3.63) is 39.2 Å². The van der Waals surface area contributed by atoms with E-state index >= 15 is 0 Å². The molecular weight excluding hydrogens is 383 g/mol. The van der Waals surface area contributed by atoms with Crippen LogP contribution in [0.25, 0.3) is 0 Å². The van der Waals surface area contributed by atoms with Gasteiger partial charge in [-0.15, -0.1) is 0 Å². The van der Waals surface area contributed by atoms with Gasteiger partial charge in [-0.05, 0) is 26.0 Å². The summed E-state index contributed by atoms with van der Waals surface area (Å²) in [6.45, 7) is 3.36. The van der Waals surface area contributed by atoms with E-state index in [2.05, 4.69) is 0 Å². The van der Waals surface area contributed by atoms with Gasteiger partial charge in [-0.1, -0.05) is 23.2 Å². The van der Waals surface area contributed by atoms with E-state index in [1.165, 1.54) is 12.1 Å². The molecule has 1 aliphatic heterocycles. The first kappa shape index (κ1) is 19.9. The lowest BCUT2D eigenvalue weighted by Crippen LogP contribution is -2.34. The van der Waals surface area contributed by atoms with Crippen LogP contribution in [0, 0.1) is 17.2 Å². The number of halogens is 2. The first-order valence-electron chi connectivity index (χ1n) is 7.75. The molecule has 9 heteroatoms. The van der Waals surface area contributed by atoms with Gasteiger partial charge in [-0.25, -0.2) is 4.79 Å². The number of hydrogen-bond acceptors (Lipinski definition) is 7. The highest BCUT2D eigenvalue weighted by atomic mass is 35.5. The third kappa shape index (κ3) is 3.71. The van der Waals surface area contributed by atoms with Crippen molar-refractivity contribution in [3.63, 3.8) is 0 Å². The number of ether oxygens (including phenoxy) is 3. The van der Waals surface area contributed by atoms with E-state index in [1.54, 1.807) is 13.8 Å². The van der Waals surface area contributed by atoms with Crippen molar-refractivity contribution in [2.24, 2.45) is 11.7 Å². The summed E-state index contributed by atoms with van der Waals surface area (Å²) in [6, 6.07) is 4.75. The number of fused-ring (bicyclic) bond motifs is 1. The summed E-state index contributed by atoms with van der Waals surface area (Å²) in [5, 5.41) is 9.95. The van der Waals surface area contributed by atoms with Gasteiger partial charge in [-0.3, -0.25) is 4.79 Å². The van der Waals surface area contributed by atoms with Crippen LogP contribution in [0.4, 0.5) is 0 Å². The predicted octanol–water partition coefficient (Wildman–Crippen LogP) is 2.91. The number of esters is 2. The van der Waals surface area contributed by atoms with Gasteiger partial charge in [-0.2, -0.15) is 5.26 Å². The fraction of sp³-hybridized carbons (Fsp3) is 0.353. The van der Waals surface area contributed by atoms with Crippen LogP contribution in [0.2, 0.25) is 10.0 Å². The summed E-state index contributed by atoms with van der Waals surface area (Å²) in [4.78, 5) is 24.8. The Hall–Kier alpha value is -2.43. The number of carbonyl (C=O) groups excluding carboxylic acids is 2. The fourth-order valence-corrected chi connectivity index (χ4v) is 3.22. The molecule has 0 fully saturated rings. The van der Waals surface area contributed by atoms with Crippen molar-refractivity contribution in [1.82, 2.24) is 0 Å². The van der Waals surface area contributed by atoms with E-state index in [4.69, 9.17) is 43.1 Å². The molecule has 0 saturated heterocycles. The SMILES string of the molecule is CCOC(=O)C1=C(N)Oc2c(Cl)cc(Cl)cc2[C@@H]1[C@@H](C#N)C(=O)OCC. The van der Waals surface area contributed by atoms with Crippen molar-refractivity contribution in [1.29, 1.82) is 5.26 Å². The Bertz CT molecular complexity index is 816. The molecule has 1 aromatic carbocycles. The first-order valence-corrected chi connectivity index (χ1v) is 8.51. The summed E-state index contributed by atoms with van der Waals surface area (Å²) in [7, 11) is 0. The second kappa shape index (κ2) is 8.30. The molecule has 0 aliphatic carbocycles. The second-order valence-corrected chi connectivity index (χ2v) is 6.09. The van der Waals surface area contributed by atoms with Gasteiger partial charge in [0.05, 0.1) is 30.2 Å². The highest BCUT2D eigenvalue weighted by molar-refractivity contribution is 6.35. The van der Waals surface area contributed by atoms with Crippen LogP contribution in [0.3, 0.4) is 0 Å². The van der Waals surface area contributed by atoms with Gasteiger partial charge in [0.25, 0.3) is 0 Å². The normalized spacial score (nSPS) is 16.8. The summed E-state index contributed by atoms with van der Waals surface area (Å²) in [5.74, 6) is -4.26. The van der Waals surface area contributed by atoms with E-state index < -0.39 is 23.8 Å². The number of rotatable bonds is 5. The molecule has 0 aromatic heterocycles. The minimum atomic E-state index is -1.37. The molecular formula is C17H16Cl2N2O5. The number of carbonyl (C=O) groups is 2. The fourth-order valence-electron chi connectivity index (χ4n) is 2.67. The number of nitrogens with zero attached hydrogens (tertiary/aromatic N) is 1. The number of nitrogens with two attached hydrogens (primary N) is 1. The third-order valence-corrected chi connectivity index (χ3v) is 4.17. The number of hydrogen-bond donors (Lipinski definition) is 1. The lowest BCUT2D eigenvalue weighted by Gasteiger charge is -2.30. The molecule has 2 atom stereocenters. The number of benzene rings is 1. The van der Waals surface area contributed by atoms with Crippen LogP contribution < -0.4 is 10.5 Å². The van der Waals surface area contributed by atoms with E-state index in [0.29, 0.717) is 0 Å². The molecule has 0 amide bonds. The summed E-state index contributed by atoms with van der Waals surface area (Å²) in [6.07, 6.45) is 0. The lowest BCUT2D eigenvalue weighted by atomic mass is 9.79. The highest BCUT2D eigenvalue weighted by Gasteiger charge is 2.44. The van der Waals surface area contributed by atoms with Gasteiger partial charge in [0.15, 0.2) is 11.7 Å². The Morgan fingerprint density at radius 1 is 1.31 bits per heavy atom. The largest absolute Gasteiger partial charge is 0.465 e. The minimum absolute atomic E-state index is 0.0668. The quantitative estimate of drug-likeness (QED) is 0.758. The second-order valence-electron chi connectivity index (χ2n) is 5.24. The summed E-state index contributed by atoms with van der Waals surface area (Å²) in [5.41, 5.74) is 6.01. The van der Waals surface area contributed by atoms with E-state index in [0.717, 1.165) is 0 Å². The van der Waals surface area contributed by atoms with Gasteiger partial charge in [0.1, 0.15) is 5.57 Å². The van der Waals surface area contributed by atoms with Crippen LogP contribution in [-0.4, -0.2) is 25.2 Å². The van der Waals surface area contributed by atoms with Crippen molar-refractivity contribution >= 4 is 35.1 Å². The van der Waals surface area contributed by atoms with Gasteiger partial charge in [0.2, 0.25) is 5.88 Å². The van der Waals surface area contributed by atoms with Crippen molar-refractivity contribution in [2.75, 3.05) is 13.2 Å². The van der Waals surface area contributed by atoms with Crippen LogP contribution in [0.5, 0.6) is 5.75 Å². The maximum absolute atomic E-state index is 12.4. The van der Waals surface area contributed by atoms with Crippen LogP contribution in [0.1, 0.15) is 25.3 Å². The average Bonchev–Trinajstić information content (AvgIpc) is 2.56. The van der Waals surface area contributed by atoms with Gasteiger partial charge < -0.3 is 19.9 Å². The molecule has 7 nitrogen and oxygen atoms in total. The zero-order valence-electron chi connectivity index (χ0n) is 14.0. The molecule has 0 spiro atoms. The van der Waals surface area contributed by atoms with Crippen LogP contribution in [0.15, 0.2) is 23.6 Å². The van der Waals surface area contributed by atoms with E-state index in [9.17, 15) is 14.9 Å². The first-order chi connectivity index (χ1) is 12.3. The summed E-state index contributed by atoms with van der Waals surface area (Å²) < 4.78 is 15.4. The molecule has 0 saturated carbocycles. The zero-order valence-corrected chi connectivity index (χ0v) is 15.6. The minimum Gasteiger partial charge on any atom is -0.465 e. The molecule has 138 valence electrons. The maximum Gasteiger partial charge on any atom is 0.340 e. The monoisotopic (exact) mass is 398 g/mol. The Morgan fingerprint density at radius 3 is 2.54 bits per heavy atom. The van der Waals surface area contributed by atoms with Crippen molar-refractivity contribution < 1.29 is 23.8 Å². The Kier molecular flexibility index (Phi) is 6.35. The van der Waals surface area contributed by atoms with Gasteiger partial charge in [0, 0.05) is 10.6 Å². The molecule has 0 radical (unpaired) electrons. The van der Waals surface area contributed by atoms with Crippen molar-refractivity contribution in [2.45, 2.75) is 19.8 Å². The highest BCUT2D eigenvalue weighted by Crippen LogP contribution is 2.47. The standard InChI is InChI=1S/C17H16Cl2N2O5/c1-3-24-16(22)10(7-20)12-9-5-8(18)6-11(19)14(9)26-15(21)13(12)17(23)25-4-2/h5-6,10,12H,3-4,21H2,1-2H3/t10-,12-/m1/s1. The third-order valence-electron chi connectivity index (χ3n) is 3.67. The van der Waals surface area contributed by atoms with Crippen LogP contribution >= 0.6 is 23.2 Å². The molecule has 2 N–H and O–H groups in total. The molecule has 1 aromatic rings. The molecule has 2 rings (SSSR count). The zero-order chi connectivity index (χ0) is 19.4.